The summed E-state index contributed by atoms with van der Waals surface area (Å²) in [5, 5.41) is 1.12. The van der Waals surface area contributed by atoms with E-state index in [0.29, 0.717) is 0 Å². The third-order valence-electron chi connectivity index (χ3n) is 1.44. The third kappa shape index (κ3) is 1.83. The quantitative estimate of drug-likeness (QED) is 0.609. The molecule has 2 rings (SSSR count). The Bertz CT molecular complexity index is 351. The van der Waals surface area contributed by atoms with Gasteiger partial charge in [-0.15, -0.1) is 12.6 Å². The lowest BCUT2D eigenvalue weighted by Crippen LogP contribution is -1.63. The highest BCUT2D eigenvalue weighted by Crippen LogP contribution is 2.18. The van der Waals surface area contributed by atoms with E-state index >= 15 is 0 Å². The van der Waals surface area contributed by atoms with E-state index in [-0.39, 0.29) is 0 Å². The minimum Gasteiger partial charge on any atom is -0.464 e. The van der Waals surface area contributed by atoms with Gasteiger partial charge < -0.3 is 4.42 Å². The van der Waals surface area contributed by atoms with Crippen LogP contribution in [0, 0.1) is 0 Å². The predicted octanol–water partition coefficient (Wildman–Crippen LogP) is 3.75. The summed E-state index contributed by atoms with van der Waals surface area (Å²) in [7, 11) is 0. The van der Waals surface area contributed by atoms with Crippen molar-refractivity contribution in [2.45, 2.75) is 18.7 Å². The Kier molecular flexibility index (Phi) is 3.23. The number of hydrogen-bond acceptors (Lipinski definition) is 2. The van der Waals surface area contributed by atoms with Gasteiger partial charge in [0.15, 0.2) is 0 Å². The number of hydrogen-bond donors (Lipinski definition) is 1. The first-order valence-electron chi connectivity index (χ1n) is 4.02. The van der Waals surface area contributed by atoms with Crippen molar-refractivity contribution in [1.29, 1.82) is 0 Å². The Morgan fingerprint density at radius 1 is 1.17 bits per heavy atom. The smallest absolute Gasteiger partial charge is 0.134 e. The molecule has 0 aliphatic heterocycles. The Hall–Kier alpha value is -0.890. The summed E-state index contributed by atoms with van der Waals surface area (Å²) >= 11 is 4.18. The minimum absolute atomic E-state index is 0.896. The molecule has 12 heavy (non-hydrogen) atoms. The molecule has 0 fully saturated rings. The lowest BCUT2D eigenvalue weighted by Gasteiger charge is -1.88. The first-order chi connectivity index (χ1) is 5.86. The second-order valence-corrected chi connectivity index (χ2v) is 2.66. The zero-order chi connectivity index (χ0) is 8.97. The highest BCUT2D eigenvalue weighted by atomic mass is 32.1. The van der Waals surface area contributed by atoms with Crippen molar-refractivity contribution in [2.24, 2.45) is 0 Å². The summed E-state index contributed by atoms with van der Waals surface area (Å²) in [5.74, 6) is 0. The van der Waals surface area contributed by atoms with Gasteiger partial charge in [0.1, 0.15) is 5.58 Å². The lowest BCUT2D eigenvalue weighted by molar-refractivity contribution is 0.615. The molecule has 0 unspecified atom stereocenters. The Morgan fingerprint density at radius 2 is 1.92 bits per heavy atom. The maximum absolute atomic E-state index is 5.15. The molecule has 1 aromatic carbocycles. The molecule has 2 heteroatoms. The van der Waals surface area contributed by atoms with E-state index < -0.39 is 0 Å². The SMILES string of the molecule is CC.Sc1ccc2ccoc2c1. The van der Waals surface area contributed by atoms with E-state index in [1.807, 2.05) is 38.1 Å². The Labute approximate surface area is 77.8 Å². The molecule has 2 aromatic rings. The van der Waals surface area contributed by atoms with Crippen LogP contribution in [0.3, 0.4) is 0 Å². The van der Waals surface area contributed by atoms with Crippen molar-refractivity contribution >= 4 is 23.6 Å². The summed E-state index contributed by atoms with van der Waals surface area (Å²) in [5.41, 5.74) is 0.896. The topological polar surface area (TPSA) is 13.1 Å². The Morgan fingerprint density at radius 3 is 2.67 bits per heavy atom. The van der Waals surface area contributed by atoms with E-state index in [4.69, 9.17) is 4.42 Å². The van der Waals surface area contributed by atoms with E-state index in [2.05, 4.69) is 12.6 Å². The molecule has 0 aliphatic carbocycles. The lowest BCUT2D eigenvalue weighted by atomic mass is 10.3. The zero-order valence-electron chi connectivity index (χ0n) is 7.24. The molecule has 1 heterocycles. The average Bonchev–Trinajstić information content (AvgIpc) is 2.54. The first kappa shape index (κ1) is 9.20. The van der Waals surface area contributed by atoms with Gasteiger partial charge >= 0.3 is 0 Å². The predicted molar refractivity (Wildman–Crippen MR) is 54.8 cm³/mol. The van der Waals surface area contributed by atoms with Crippen LogP contribution < -0.4 is 0 Å². The molecular formula is C10H12OS. The molecule has 0 bridgehead atoms. The van der Waals surface area contributed by atoms with Crippen LogP contribution in [0.25, 0.3) is 11.0 Å². The molecule has 0 saturated heterocycles. The van der Waals surface area contributed by atoms with Gasteiger partial charge in [0.2, 0.25) is 0 Å². The van der Waals surface area contributed by atoms with Gasteiger partial charge in [0.25, 0.3) is 0 Å². The second kappa shape index (κ2) is 4.21. The van der Waals surface area contributed by atoms with Gasteiger partial charge in [-0.1, -0.05) is 19.9 Å². The fourth-order valence-corrected chi connectivity index (χ4v) is 1.14. The highest BCUT2D eigenvalue weighted by molar-refractivity contribution is 7.80. The van der Waals surface area contributed by atoms with E-state index in [0.717, 1.165) is 15.9 Å². The summed E-state index contributed by atoms with van der Waals surface area (Å²) < 4.78 is 5.15. The normalized spacial score (nSPS) is 9.25. The number of thiol groups is 1. The van der Waals surface area contributed by atoms with Gasteiger partial charge in [-0.05, 0) is 18.2 Å². The number of fused-ring (bicyclic) bond motifs is 1. The maximum Gasteiger partial charge on any atom is 0.134 e. The third-order valence-corrected chi connectivity index (χ3v) is 1.72. The average molecular weight is 180 g/mol. The molecule has 0 spiro atoms. The van der Waals surface area contributed by atoms with Crippen molar-refractivity contribution in [3.8, 4) is 0 Å². The van der Waals surface area contributed by atoms with Crippen LogP contribution in [0.2, 0.25) is 0 Å². The van der Waals surface area contributed by atoms with Crippen LogP contribution in [0.15, 0.2) is 39.8 Å². The van der Waals surface area contributed by atoms with Crippen molar-refractivity contribution < 1.29 is 4.42 Å². The van der Waals surface area contributed by atoms with E-state index in [9.17, 15) is 0 Å². The van der Waals surface area contributed by atoms with Crippen LogP contribution in [0.5, 0.6) is 0 Å². The molecule has 0 atom stereocenters. The first-order valence-corrected chi connectivity index (χ1v) is 4.47. The second-order valence-electron chi connectivity index (χ2n) is 2.14. The molecule has 1 aromatic heterocycles. The number of rotatable bonds is 0. The summed E-state index contributed by atoms with van der Waals surface area (Å²) in [6.07, 6.45) is 1.68. The fraction of sp³-hybridized carbons (Fsp3) is 0.200. The van der Waals surface area contributed by atoms with Crippen molar-refractivity contribution in [3.63, 3.8) is 0 Å². The molecule has 0 radical (unpaired) electrons. The van der Waals surface area contributed by atoms with Crippen molar-refractivity contribution in [3.05, 3.63) is 30.5 Å². The van der Waals surface area contributed by atoms with Gasteiger partial charge in [-0.25, -0.2) is 0 Å². The molecule has 0 saturated carbocycles. The summed E-state index contributed by atoms with van der Waals surface area (Å²) in [6.45, 7) is 4.00. The van der Waals surface area contributed by atoms with Crippen LogP contribution >= 0.6 is 12.6 Å². The van der Waals surface area contributed by atoms with Crippen LogP contribution in [0.4, 0.5) is 0 Å². The summed E-state index contributed by atoms with van der Waals surface area (Å²) in [4.78, 5) is 0.933. The molecule has 0 N–H and O–H groups in total. The minimum atomic E-state index is 0.896. The van der Waals surface area contributed by atoms with Crippen molar-refractivity contribution in [1.82, 2.24) is 0 Å². The molecule has 64 valence electrons. The maximum atomic E-state index is 5.15. The Balaban J connectivity index is 0.000000336. The number of benzene rings is 1. The fourth-order valence-electron chi connectivity index (χ4n) is 0.943. The van der Waals surface area contributed by atoms with Crippen LogP contribution in [0.1, 0.15) is 13.8 Å². The van der Waals surface area contributed by atoms with Crippen LogP contribution in [-0.2, 0) is 0 Å². The summed E-state index contributed by atoms with van der Waals surface area (Å²) in [6, 6.07) is 7.77. The van der Waals surface area contributed by atoms with Gasteiger partial charge in [0.05, 0.1) is 6.26 Å². The van der Waals surface area contributed by atoms with Gasteiger partial charge in [-0.3, -0.25) is 0 Å². The monoisotopic (exact) mass is 180 g/mol. The zero-order valence-corrected chi connectivity index (χ0v) is 8.14. The standard InChI is InChI=1S/C8H6OS.C2H6/c10-7-2-1-6-3-4-9-8(6)5-7;1-2/h1-5,10H;1-2H3. The molecule has 1 nitrogen and oxygen atoms in total. The van der Waals surface area contributed by atoms with E-state index in [1.54, 1.807) is 6.26 Å². The largest absolute Gasteiger partial charge is 0.464 e. The van der Waals surface area contributed by atoms with E-state index in [1.165, 1.54) is 0 Å². The highest BCUT2D eigenvalue weighted by Gasteiger charge is 1.94. The molecular weight excluding hydrogens is 168 g/mol. The molecule has 0 amide bonds. The van der Waals surface area contributed by atoms with Crippen molar-refractivity contribution in [2.75, 3.05) is 0 Å². The van der Waals surface area contributed by atoms with Gasteiger partial charge in [0, 0.05) is 10.3 Å². The van der Waals surface area contributed by atoms with Crippen LogP contribution in [-0.4, -0.2) is 0 Å². The van der Waals surface area contributed by atoms with Gasteiger partial charge in [-0.2, -0.15) is 0 Å². The number of furan rings is 1. The molecule has 0 aliphatic rings.